The molecule has 0 atom stereocenters. The molecule has 80 valence electrons. The smallest absolute Gasteiger partial charge is 0.120 e. The lowest BCUT2D eigenvalue weighted by Gasteiger charge is -2.19. The van der Waals surface area contributed by atoms with Gasteiger partial charge in [-0.1, -0.05) is 24.3 Å². The molecule has 2 heteroatoms. The molecule has 0 saturated carbocycles. The zero-order valence-electron chi connectivity index (χ0n) is 8.89. The zero-order valence-corrected chi connectivity index (χ0v) is 8.89. The number of hydrogen-bond donors (Lipinski definition) is 1. The fourth-order valence-electron chi connectivity index (χ4n) is 1.42. The van der Waals surface area contributed by atoms with Crippen LogP contribution in [0.1, 0.15) is 6.42 Å². The number of allylic oxidation sites excluding steroid dienone is 4. The standard InChI is InChI=1S/C13H17NO/c1-3-9-14(10-4-2)11-12-7-5-6-8-13(12)15/h3-6,8,11,15H,1-2,7,9-10H2. The van der Waals surface area contributed by atoms with Crippen LogP contribution in [0.5, 0.6) is 0 Å². The van der Waals surface area contributed by atoms with Crippen molar-refractivity contribution < 1.29 is 5.11 Å². The Balaban J connectivity index is 2.73. The molecular weight excluding hydrogens is 186 g/mol. The van der Waals surface area contributed by atoms with Gasteiger partial charge in [0.1, 0.15) is 5.76 Å². The molecule has 1 N–H and O–H groups in total. The maximum Gasteiger partial charge on any atom is 0.120 e. The fraction of sp³-hybridized carbons (Fsp3) is 0.231. The van der Waals surface area contributed by atoms with E-state index in [1.54, 1.807) is 6.08 Å². The summed E-state index contributed by atoms with van der Waals surface area (Å²) >= 11 is 0. The first kappa shape index (κ1) is 11.4. The van der Waals surface area contributed by atoms with Crippen LogP contribution in [0, 0.1) is 0 Å². The molecule has 1 aliphatic carbocycles. The first-order chi connectivity index (χ1) is 7.27. The topological polar surface area (TPSA) is 23.5 Å². The van der Waals surface area contributed by atoms with Crippen LogP contribution in [0.15, 0.2) is 61.1 Å². The normalized spacial score (nSPS) is 17.3. The van der Waals surface area contributed by atoms with Crippen molar-refractivity contribution in [2.75, 3.05) is 13.1 Å². The quantitative estimate of drug-likeness (QED) is 0.694. The number of aliphatic hydroxyl groups excluding tert-OH is 1. The van der Waals surface area contributed by atoms with E-state index in [4.69, 9.17) is 0 Å². The lowest BCUT2D eigenvalue weighted by molar-refractivity contribution is 0.407. The summed E-state index contributed by atoms with van der Waals surface area (Å²) in [6, 6.07) is 0. The molecule has 0 heterocycles. The Morgan fingerprint density at radius 3 is 2.53 bits per heavy atom. The van der Waals surface area contributed by atoms with Crippen LogP contribution >= 0.6 is 0 Å². The third-order valence-corrected chi connectivity index (χ3v) is 2.12. The van der Waals surface area contributed by atoms with Gasteiger partial charge in [0.15, 0.2) is 0 Å². The third-order valence-electron chi connectivity index (χ3n) is 2.12. The highest BCUT2D eigenvalue weighted by Crippen LogP contribution is 2.17. The van der Waals surface area contributed by atoms with Crippen molar-refractivity contribution in [3.63, 3.8) is 0 Å². The van der Waals surface area contributed by atoms with Crippen molar-refractivity contribution in [1.29, 1.82) is 0 Å². The zero-order chi connectivity index (χ0) is 11.1. The van der Waals surface area contributed by atoms with Gasteiger partial charge < -0.3 is 10.0 Å². The molecule has 0 amide bonds. The van der Waals surface area contributed by atoms with Crippen LogP contribution in [0.2, 0.25) is 0 Å². The molecule has 0 bridgehead atoms. The highest BCUT2D eigenvalue weighted by molar-refractivity contribution is 5.34. The van der Waals surface area contributed by atoms with E-state index in [9.17, 15) is 5.11 Å². The SMILES string of the molecule is C=CCN(C=C1CC=CC=C1O)CC=C. The minimum atomic E-state index is 0.343. The van der Waals surface area contributed by atoms with Gasteiger partial charge in [0.05, 0.1) is 0 Å². The van der Waals surface area contributed by atoms with E-state index in [-0.39, 0.29) is 0 Å². The molecule has 0 spiro atoms. The van der Waals surface area contributed by atoms with E-state index in [2.05, 4.69) is 18.1 Å². The van der Waals surface area contributed by atoms with Crippen LogP contribution in [0.25, 0.3) is 0 Å². The third kappa shape index (κ3) is 3.50. The summed E-state index contributed by atoms with van der Waals surface area (Å²) in [4.78, 5) is 2.05. The summed E-state index contributed by atoms with van der Waals surface area (Å²) in [5, 5.41) is 9.62. The van der Waals surface area contributed by atoms with Gasteiger partial charge in [0.2, 0.25) is 0 Å². The minimum absolute atomic E-state index is 0.343. The molecule has 0 saturated heterocycles. The molecule has 0 aromatic heterocycles. The molecule has 0 fully saturated rings. The predicted molar refractivity (Wildman–Crippen MR) is 64.5 cm³/mol. The van der Waals surface area contributed by atoms with E-state index in [1.165, 1.54) is 0 Å². The highest BCUT2D eigenvalue weighted by atomic mass is 16.3. The summed E-state index contributed by atoms with van der Waals surface area (Å²) < 4.78 is 0. The Hall–Kier alpha value is -1.70. The molecule has 15 heavy (non-hydrogen) atoms. The van der Waals surface area contributed by atoms with E-state index in [0.29, 0.717) is 5.76 Å². The van der Waals surface area contributed by atoms with Gasteiger partial charge in [-0.2, -0.15) is 0 Å². The van der Waals surface area contributed by atoms with Crippen LogP contribution in [0.3, 0.4) is 0 Å². The summed E-state index contributed by atoms with van der Waals surface area (Å²) in [5.74, 6) is 0.343. The molecule has 0 unspecified atom stereocenters. The highest BCUT2D eigenvalue weighted by Gasteiger charge is 2.06. The van der Waals surface area contributed by atoms with E-state index in [1.807, 2.05) is 30.5 Å². The summed E-state index contributed by atoms with van der Waals surface area (Å²) in [6.07, 6.45) is 12.0. The van der Waals surface area contributed by atoms with Gasteiger partial charge in [-0.15, -0.1) is 13.2 Å². The molecule has 0 radical (unpaired) electrons. The predicted octanol–water partition coefficient (Wildman–Crippen LogP) is 2.95. The van der Waals surface area contributed by atoms with Crippen molar-refractivity contribution in [2.24, 2.45) is 0 Å². The summed E-state index contributed by atoms with van der Waals surface area (Å²) in [7, 11) is 0. The van der Waals surface area contributed by atoms with E-state index >= 15 is 0 Å². The fourth-order valence-corrected chi connectivity index (χ4v) is 1.42. The Kier molecular flexibility index (Phi) is 4.48. The van der Waals surface area contributed by atoms with Crippen molar-refractivity contribution in [3.8, 4) is 0 Å². The van der Waals surface area contributed by atoms with Gasteiger partial charge in [-0.05, 0) is 12.5 Å². The first-order valence-electron chi connectivity index (χ1n) is 5.00. The van der Waals surface area contributed by atoms with Crippen LogP contribution < -0.4 is 0 Å². The maximum absolute atomic E-state index is 9.62. The van der Waals surface area contributed by atoms with Crippen molar-refractivity contribution in [3.05, 3.63) is 61.1 Å². The second kappa shape index (κ2) is 5.91. The monoisotopic (exact) mass is 203 g/mol. The summed E-state index contributed by atoms with van der Waals surface area (Å²) in [5.41, 5.74) is 0.932. The Bertz CT molecular complexity index is 313. The van der Waals surface area contributed by atoms with Gasteiger partial charge in [-0.25, -0.2) is 0 Å². The maximum atomic E-state index is 9.62. The van der Waals surface area contributed by atoms with Gasteiger partial charge in [0, 0.05) is 24.9 Å². The van der Waals surface area contributed by atoms with Crippen molar-refractivity contribution in [1.82, 2.24) is 4.90 Å². The molecule has 0 aromatic carbocycles. The van der Waals surface area contributed by atoms with E-state index < -0.39 is 0 Å². The second-order valence-corrected chi connectivity index (χ2v) is 3.37. The lowest BCUT2D eigenvalue weighted by atomic mass is 10.1. The molecule has 2 nitrogen and oxygen atoms in total. The van der Waals surface area contributed by atoms with Crippen LogP contribution in [-0.2, 0) is 0 Å². The average molecular weight is 203 g/mol. The summed E-state index contributed by atoms with van der Waals surface area (Å²) in [6.45, 7) is 8.91. The molecule has 0 aromatic rings. The van der Waals surface area contributed by atoms with Gasteiger partial charge >= 0.3 is 0 Å². The first-order valence-corrected chi connectivity index (χ1v) is 5.00. The number of aliphatic hydroxyl groups is 1. The minimum Gasteiger partial charge on any atom is -0.508 e. The van der Waals surface area contributed by atoms with E-state index in [0.717, 1.165) is 25.1 Å². The van der Waals surface area contributed by atoms with Crippen molar-refractivity contribution in [2.45, 2.75) is 6.42 Å². The number of hydrogen-bond acceptors (Lipinski definition) is 2. The van der Waals surface area contributed by atoms with Gasteiger partial charge in [0.25, 0.3) is 0 Å². The molecular formula is C13H17NO. The van der Waals surface area contributed by atoms with Crippen LogP contribution in [0.4, 0.5) is 0 Å². The van der Waals surface area contributed by atoms with Gasteiger partial charge in [-0.3, -0.25) is 0 Å². The Morgan fingerprint density at radius 2 is 2.00 bits per heavy atom. The number of nitrogens with zero attached hydrogens (tertiary/aromatic N) is 1. The largest absolute Gasteiger partial charge is 0.508 e. The van der Waals surface area contributed by atoms with Crippen molar-refractivity contribution >= 4 is 0 Å². The molecule has 1 aliphatic rings. The number of rotatable bonds is 5. The average Bonchev–Trinajstić information content (AvgIpc) is 2.22. The molecule has 1 rings (SSSR count). The lowest BCUT2D eigenvalue weighted by Crippen LogP contribution is -2.18. The Morgan fingerprint density at radius 1 is 1.33 bits per heavy atom. The van der Waals surface area contributed by atoms with Crippen LogP contribution in [-0.4, -0.2) is 23.1 Å². The molecule has 0 aliphatic heterocycles. The second-order valence-electron chi connectivity index (χ2n) is 3.37. The Labute approximate surface area is 91.2 Å².